The third-order valence-corrected chi connectivity index (χ3v) is 3.42. The van der Waals surface area contributed by atoms with E-state index in [0.29, 0.717) is 6.04 Å². The summed E-state index contributed by atoms with van der Waals surface area (Å²) in [5.74, 6) is 0. The van der Waals surface area contributed by atoms with Crippen molar-refractivity contribution < 1.29 is 0 Å². The zero-order chi connectivity index (χ0) is 11.8. The second kappa shape index (κ2) is 3.91. The molecule has 1 aromatic heterocycles. The third-order valence-electron chi connectivity index (χ3n) is 3.42. The van der Waals surface area contributed by atoms with Crippen molar-refractivity contribution in [1.29, 1.82) is 0 Å². The van der Waals surface area contributed by atoms with Crippen LogP contribution in [-0.4, -0.2) is 17.6 Å². The topological polar surface area (TPSA) is 42.1 Å². The average molecular weight is 227 g/mol. The lowest BCUT2D eigenvalue weighted by Crippen LogP contribution is -2.25. The molecule has 3 rings (SSSR count). The van der Waals surface area contributed by atoms with Crippen molar-refractivity contribution in [3.05, 3.63) is 30.5 Å². The van der Waals surface area contributed by atoms with Crippen molar-refractivity contribution in [2.75, 3.05) is 17.2 Å². The van der Waals surface area contributed by atoms with Gasteiger partial charge in [-0.25, -0.2) is 0 Å². The zero-order valence-corrected chi connectivity index (χ0v) is 10.1. The van der Waals surface area contributed by atoms with Crippen molar-refractivity contribution >= 4 is 22.3 Å². The molecule has 1 aliphatic rings. The summed E-state index contributed by atoms with van der Waals surface area (Å²) in [5.41, 5.74) is 9.06. The van der Waals surface area contributed by atoms with Gasteiger partial charge in [-0.2, -0.15) is 0 Å². The number of hydrogen-bond donors (Lipinski definition) is 1. The van der Waals surface area contributed by atoms with E-state index in [2.05, 4.69) is 22.9 Å². The summed E-state index contributed by atoms with van der Waals surface area (Å²) >= 11 is 0. The second-order valence-corrected chi connectivity index (χ2v) is 4.59. The molecule has 3 nitrogen and oxygen atoms in total. The van der Waals surface area contributed by atoms with E-state index in [4.69, 9.17) is 5.73 Å². The molecule has 0 radical (unpaired) electrons. The first-order valence-electron chi connectivity index (χ1n) is 6.21. The summed E-state index contributed by atoms with van der Waals surface area (Å²) in [7, 11) is 0. The van der Waals surface area contributed by atoms with Gasteiger partial charge in [-0.3, -0.25) is 4.98 Å². The number of benzene rings is 1. The van der Waals surface area contributed by atoms with Crippen LogP contribution >= 0.6 is 0 Å². The summed E-state index contributed by atoms with van der Waals surface area (Å²) in [6.07, 6.45) is 4.44. The van der Waals surface area contributed by atoms with E-state index < -0.39 is 0 Å². The smallest absolute Gasteiger partial charge is 0.0956 e. The first kappa shape index (κ1) is 10.4. The van der Waals surface area contributed by atoms with Gasteiger partial charge in [-0.15, -0.1) is 0 Å². The fraction of sp³-hybridized carbons (Fsp3) is 0.357. The van der Waals surface area contributed by atoms with Gasteiger partial charge < -0.3 is 10.6 Å². The van der Waals surface area contributed by atoms with E-state index in [-0.39, 0.29) is 0 Å². The normalized spacial score (nSPS) is 15.1. The Kier molecular flexibility index (Phi) is 2.39. The number of pyridine rings is 1. The summed E-state index contributed by atoms with van der Waals surface area (Å²) in [4.78, 5) is 6.94. The monoisotopic (exact) mass is 227 g/mol. The molecule has 1 aliphatic carbocycles. The first-order valence-corrected chi connectivity index (χ1v) is 6.21. The van der Waals surface area contributed by atoms with Gasteiger partial charge in [-0.05, 0) is 44.0 Å². The van der Waals surface area contributed by atoms with E-state index in [0.717, 1.165) is 23.1 Å². The van der Waals surface area contributed by atoms with Gasteiger partial charge in [0.2, 0.25) is 0 Å². The van der Waals surface area contributed by atoms with Gasteiger partial charge in [0, 0.05) is 29.9 Å². The number of aromatic nitrogens is 1. The standard InChI is InChI=1S/C14H17N3/c1-2-17(10-5-6-10)13-8-7-12(15)11-4-3-9-16-14(11)13/h3-4,7-10H,2,5-6,15H2,1H3. The largest absolute Gasteiger partial charge is 0.398 e. The highest BCUT2D eigenvalue weighted by molar-refractivity contribution is 5.98. The van der Waals surface area contributed by atoms with E-state index in [1.807, 2.05) is 24.4 Å². The first-order chi connectivity index (χ1) is 8.31. The van der Waals surface area contributed by atoms with Crippen molar-refractivity contribution in [3.8, 4) is 0 Å². The molecule has 1 heterocycles. The summed E-state index contributed by atoms with van der Waals surface area (Å²) in [5, 5.41) is 1.06. The predicted octanol–water partition coefficient (Wildman–Crippen LogP) is 2.81. The second-order valence-electron chi connectivity index (χ2n) is 4.59. The van der Waals surface area contributed by atoms with Gasteiger partial charge in [0.05, 0.1) is 11.2 Å². The molecule has 1 fully saturated rings. The molecule has 1 aromatic carbocycles. The molecule has 0 unspecified atom stereocenters. The quantitative estimate of drug-likeness (QED) is 0.820. The lowest BCUT2D eigenvalue weighted by Gasteiger charge is -2.24. The van der Waals surface area contributed by atoms with Crippen LogP contribution < -0.4 is 10.6 Å². The molecule has 0 atom stereocenters. The van der Waals surface area contributed by atoms with Crippen LogP contribution in [0, 0.1) is 0 Å². The van der Waals surface area contributed by atoms with Gasteiger partial charge >= 0.3 is 0 Å². The molecule has 0 amide bonds. The maximum atomic E-state index is 6.00. The fourth-order valence-electron chi connectivity index (χ4n) is 2.42. The lowest BCUT2D eigenvalue weighted by atomic mass is 10.1. The minimum atomic E-state index is 0.703. The molecule has 2 aromatic rings. The maximum Gasteiger partial charge on any atom is 0.0956 e. The molecular weight excluding hydrogens is 210 g/mol. The van der Waals surface area contributed by atoms with Gasteiger partial charge in [0.25, 0.3) is 0 Å². The molecule has 88 valence electrons. The Balaban J connectivity index is 2.18. The van der Waals surface area contributed by atoms with Crippen LogP contribution in [0.1, 0.15) is 19.8 Å². The van der Waals surface area contributed by atoms with Crippen molar-refractivity contribution in [1.82, 2.24) is 4.98 Å². The zero-order valence-electron chi connectivity index (χ0n) is 10.1. The van der Waals surface area contributed by atoms with Crippen LogP contribution in [0.5, 0.6) is 0 Å². The molecule has 3 heteroatoms. The van der Waals surface area contributed by atoms with E-state index in [1.165, 1.54) is 18.5 Å². The Morgan fingerprint density at radius 2 is 2.18 bits per heavy atom. The molecular formula is C14H17N3. The van der Waals surface area contributed by atoms with Crippen molar-refractivity contribution in [2.45, 2.75) is 25.8 Å². The Hall–Kier alpha value is -1.77. The number of fused-ring (bicyclic) bond motifs is 1. The summed E-state index contributed by atoms with van der Waals surface area (Å²) in [6.45, 7) is 3.23. The number of rotatable bonds is 3. The lowest BCUT2D eigenvalue weighted by molar-refractivity contribution is 0.829. The number of nitrogens with two attached hydrogens (primary N) is 1. The predicted molar refractivity (Wildman–Crippen MR) is 72.2 cm³/mol. The highest BCUT2D eigenvalue weighted by Crippen LogP contribution is 2.36. The molecule has 17 heavy (non-hydrogen) atoms. The van der Waals surface area contributed by atoms with Gasteiger partial charge in [-0.1, -0.05) is 0 Å². The molecule has 2 N–H and O–H groups in total. The molecule has 0 saturated heterocycles. The minimum Gasteiger partial charge on any atom is -0.398 e. The van der Waals surface area contributed by atoms with Crippen molar-refractivity contribution in [2.24, 2.45) is 0 Å². The van der Waals surface area contributed by atoms with Crippen LogP contribution in [0.4, 0.5) is 11.4 Å². The third kappa shape index (κ3) is 1.71. The van der Waals surface area contributed by atoms with Crippen LogP contribution in [0.25, 0.3) is 10.9 Å². The molecule has 1 saturated carbocycles. The summed E-state index contributed by atoms with van der Waals surface area (Å²) in [6, 6.07) is 8.78. The summed E-state index contributed by atoms with van der Waals surface area (Å²) < 4.78 is 0. The van der Waals surface area contributed by atoms with Gasteiger partial charge in [0.15, 0.2) is 0 Å². The Labute approximate surface area is 101 Å². The van der Waals surface area contributed by atoms with Crippen LogP contribution in [-0.2, 0) is 0 Å². The number of hydrogen-bond acceptors (Lipinski definition) is 3. The van der Waals surface area contributed by atoms with Crippen LogP contribution in [0.3, 0.4) is 0 Å². The molecule has 0 aliphatic heterocycles. The van der Waals surface area contributed by atoms with E-state index >= 15 is 0 Å². The number of anilines is 2. The molecule has 0 bridgehead atoms. The minimum absolute atomic E-state index is 0.703. The highest BCUT2D eigenvalue weighted by atomic mass is 15.2. The number of nitrogen functional groups attached to an aromatic ring is 1. The van der Waals surface area contributed by atoms with E-state index in [1.54, 1.807) is 0 Å². The fourth-order valence-corrected chi connectivity index (χ4v) is 2.42. The SMILES string of the molecule is CCN(c1ccc(N)c2cccnc12)C1CC1. The maximum absolute atomic E-state index is 6.00. The number of nitrogens with zero attached hydrogens (tertiary/aromatic N) is 2. The highest BCUT2D eigenvalue weighted by Gasteiger charge is 2.29. The Morgan fingerprint density at radius 3 is 2.88 bits per heavy atom. The van der Waals surface area contributed by atoms with Crippen molar-refractivity contribution in [3.63, 3.8) is 0 Å². The van der Waals surface area contributed by atoms with Crippen LogP contribution in [0.15, 0.2) is 30.5 Å². The average Bonchev–Trinajstić information content (AvgIpc) is 3.18. The molecule has 0 spiro atoms. The van der Waals surface area contributed by atoms with Gasteiger partial charge in [0.1, 0.15) is 0 Å². The Morgan fingerprint density at radius 1 is 1.35 bits per heavy atom. The Bertz CT molecular complexity index is 546. The van der Waals surface area contributed by atoms with Crippen LogP contribution in [0.2, 0.25) is 0 Å². The van der Waals surface area contributed by atoms with E-state index in [9.17, 15) is 0 Å².